The van der Waals surface area contributed by atoms with Crippen molar-refractivity contribution < 1.29 is 23.7 Å². The summed E-state index contributed by atoms with van der Waals surface area (Å²) in [5.74, 6) is 0. The fourth-order valence-electron chi connectivity index (χ4n) is 1.89. The second-order valence-electron chi connectivity index (χ2n) is 4.11. The molecule has 2 fully saturated rings. The molecule has 5 heteroatoms. The van der Waals surface area contributed by atoms with E-state index in [4.69, 9.17) is 18.9 Å². The van der Waals surface area contributed by atoms with Crippen molar-refractivity contribution in [3.05, 3.63) is 0 Å². The van der Waals surface area contributed by atoms with E-state index in [1.807, 2.05) is 0 Å². The van der Waals surface area contributed by atoms with Gasteiger partial charge in [0, 0.05) is 25.7 Å². The van der Waals surface area contributed by atoms with Crippen LogP contribution in [-0.2, 0) is 18.9 Å². The Morgan fingerprint density at radius 2 is 1.19 bits per heavy atom. The Kier molecular flexibility index (Phi) is 4.42. The minimum absolute atomic E-state index is 0.0407. The Morgan fingerprint density at radius 1 is 0.812 bits per heavy atom. The molecule has 5 nitrogen and oxygen atoms in total. The smallest absolute Gasteiger partial charge is 0.431 e. The fourth-order valence-corrected chi connectivity index (χ4v) is 1.89. The summed E-state index contributed by atoms with van der Waals surface area (Å²) in [6.07, 6.45) is 2.44. The van der Waals surface area contributed by atoms with Crippen LogP contribution in [0, 0.1) is 0 Å². The van der Waals surface area contributed by atoms with E-state index in [1.54, 1.807) is 0 Å². The summed E-state index contributed by atoms with van der Waals surface area (Å²) in [4.78, 5) is 11.5. The largest absolute Gasteiger partial charge is 0.508 e. The van der Waals surface area contributed by atoms with Crippen LogP contribution in [0.3, 0.4) is 0 Å². The standard InChI is InChI=1S/C11H18O5/c12-11(15-9-1-5-13-6-2-9)16-10-3-7-14-8-4-10/h9-10H,1-8H2. The van der Waals surface area contributed by atoms with Crippen LogP contribution >= 0.6 is 0 Å². The zero-order valence-corrected chi connectivity index (χ0v) is 9.35. The van der Waals surface area contributed by atoms with Crippen LogP contribution < -0.4 is 0 Å². The van der Waals surface area contributed by atoms with E-state index in [1.165, 1.54) is 0 Å². The first-order valence-corrected chi connectivity index (χ1v) is 5.87. The Hall–Kier alpha value is -0.810. The summed E-state index contributed by atoms with van der Waals surface area (Å²) in [7, 11) is 0. The van der Waals surface area contributed by atoms with Crippen LogP contribution in [0.2, 0.25) is 0 Å². The van der Waals surface area contributed by atoms with E-state index in [0.717, 1.165) is 25.7 Å². The van der Waals surface area contributed by atoms with Crippen molar-refractivity contribution in [2.24, 2.45) is 0 Å². The number of hydrogen-bond donors (Lipinski definition) is 0. The molecule has 0 N–H and O–H groups in total. The molecule has 0 radical (unpaired) electrons. The molecule has 0 saturated carbocycles. The van der Waals surface area contributed by atoms with Gasteiger partial charge in [-0.2, -0.15) is 0 Å². The van der Waals surface area contributed by atoms with Gasteiger partial charge in [0.15, 0.2) is 0 Å². The van der Waals surface area contributed by atoms with Crippen LogP contribution in [0.4, 0.5) is 4.79 Å². The number of ether oxygens (including phenoxy) is 4. The van der Waals surface area contributed by atoms with Crippen LogP contribution in [0.5, 0.6) is 0 Å². The van der Waals surface area contributed by atoms with Crippen molar-refractivity contribution in [2.75, 3.05) is 26.4 Å². The summed E-state index contributed by atoms with van der Waals surface area (Å²) in [6.45, 7) is 2.65. The zero-order valence-electron chi connectivity index (χ0n) is 9.35. The third-order valence-corrected chi connectivity index (χ3v) is 2.86. The molecule has 2 aliphatic heterocycles. The molecular weight excluding hydrogens is 212 g/mol. The van der Waals surface area contributed by atoms with Crippen molar-refractivity contribution in [3.8, 4) is 0 Å². The quantitative estimate of drug-likeness (QED) is 0.673. The lowest BCUT2D eigenvalue weighted by molar-refractivity contribution is -0.0588. The van der Waals surface area contributed by atoms with Crippen molar-refractivity contribution >= 4 is 6.16 Å². The molecule has 0 bridgehead atoms. The van der Waals surface area contributed by atoms with Gasteiger partial charge >= 0.3 is 6.16 Å². The summed E-state index contributed by atoms with van der Waals surface area (Å²) in [5, 5.41) is 0. The number of rotatable bonds is 2. The zero-order chi connectivity index (χ0) is 11.2. The Balaban J connectivity index is 1.66. The molecule has 0 aromatic rings. The predicted octanol–water partition coefficient (Wildman–Crippen LogP) is 1.50. The van der Waals surface area contributed by atoms with Gasteiger partial charge in [0.2, 0.25) is 0 Å². The normalized spacial score (nSPS) is 24.0. The highest BCUT2D eigenvalue weighted by Gasteiger charge is 2.23. The van der Waals surface area contributed by atoms with Gasteiger partial charge in [0.25, 0.3) is 0 Å². The average Bonchev–Trinajstić information content (AvgIpc) is 2.31. The van der Waals surface area contributed by atoms with Crippen molar-refractivity contribution in [3.63, 3.8) is 0 Å². The summed E-state index contributed by atoms with van der Waals surface area (Å²) in [6, 6.07) is 0. The maximum Gasteiger partial charge on any atom is 0.508 e. The van der Waals surface area contributed by atoms with Gasteiger partial charge in [-0.05, 0) is 0 Å². The number of carbonyl (C=O) groups is 1. The second kappa shape index (κ2) is 6.06. The first kappa shape index (κ1) is 11.7. The lowest BCUT2D eigenvalue weighted by atomic mass is 10.1. The van der Waals surface area contributed by atoms with Crippen molar-refractivity contribution in [1.82, 2.24) is 0 Å². The predicted molar refractivity (Wildman–Crippen MR) is 55.2 cm³/mol. The lowest BCUT2D eigenvalue weighted by Gasteiger charge is -2.25. The molecular formula is C11H18O5. The molecule has 0 aromatic carbocycles. The van der Waals surface area contributed by atoms with Crippen LogP contribution in [0.1, 0.15) is 25.7 Å². The van der Waals surface area contributed by atoms with Crippen molar-refractivity contribution in [1.29, 1.82) is 0 Å². The molecule has 0 amide bonds. The van der Waals surface area contributed by atoms with Crippen LogP contribution in [0.25, 0.3) is 0 Å². The minimum atomic E-state index is -0.543. The molecule has 2 rings (SSSR count). The minimum Gasteiger partial charge on any atom is -0.431 e. The third kappa shape index (κ3) is 3.64. The summed E-state index contributed by atoms with van der Waals surface area (Å²) < 4.78 is 20.8. The molecule has 92 valence electrons. The van der Waals surface area contributed by atoms with Gasteiger partial charge in [0.05, 0.1) is 26.4 Å². The van der Waals surface area contributed by atoms with E-state index in [9.17, 15) is 4.79 Å². The van der Waals surface area contributed by atoms with Gasteiger partial charge in [-0.1, -0.05) is 0 Å². The van der Waals surface area contributed by atoms with Crippen LogP contribution in [-0.4, -0.2) is 44.8 Å². The van der Waals surface area contributed by atoms with E-state index in [0.29, 0.717) is 26.4 Å². The Bertz CT molecular complexity index is 196. The van der Waals surface area contributed by atoms with Gasteiger partial charge in [-0.15, -0.1) is 0 Å². The second-order valence-corrected chi connectivity index (χ2v) is 4.11. The number of carbonyl (C=O) groups excluding carboxylic acids is 1. The summed E-state index contributed by atoms with van der Waals surface area (Å²) >= 11 is 0. The van der Waals surface area contributed by atoms with Gasteiger partial charge in [-0.3, -0.25) is 0 Å². The van der Waals surface area contributed by atoms with Gasteiger partial charge in [0.1, 0.15) is 12.2 Å². The SMILES string of the molecule is O=C(OC1CCOCC1)OC1CCOCC1. The molecule has 2 saturated heterocycles. The van der Waals surface area contributed by atoms with Crippen molar-refractivity contribution in [2.45, 2.75) is 37.9 Å². The van der Waals surface area contributed by atoms with E-state index in [-0.39, 0.29) is 12.2 Å². The maximum atomic E-state index is 11.5. The maximum absolute atomic E-state index is 11.5. The highest BCUT2D eigenvalue weighted by atomic mass is 16.7. The van der Waals surface area contributed by atoms with E-state index in [2.05, 4.69) is 0 Å². The Labute approximate surface area is 95.0 Å². The molecule has 0 aliphatic carbocycles. The highest BCUT2D eigenvalue weighted by Crippen LogP contribution is 2.15. The highest BCUT2D eigenvalue weighted by molar-refractivity contribution is 5.60. The molecule has 16 heavy (non-hydrogen) atoms. The first-order chi connectivity index (χ1) is 7.84. The molecule has 0 unspecified atom stereocenters. The Morgan fingerprint density at radius 3 is 1.56 bits per heavy atom. The molecule has 0 atom stereocenters. The molecule has 0 aromatic heterocycles. The van der Waals surface area contributed by atoms with Gasteiger partial charge in [-0.25, -0.2) is 4.79 Å². The topological polar surface area (TPSA) is 54.0 Å². The average molecular weight is 230 g/mol. The fraction of sp³-hybridized carbons (Fsp3) is 0.909. The summed E-state index contributed by atoms with van der Waals surface area (Å²) in [5.41, 5.74) is 0. The van der Waals surface area contributed by atoms with Gasteiger partial charge < -0.3 is 18.9 Å². The third-order valence-electron chi connectivity index (χ3n) is 2.86. The lowest BCUT2D eigenvalue weighted by Crippen LogP contribution is -2.30. The van der Waals surface area contributed by atoms with Crippen LogP contribution in [0.15, 0.2) is 0 Å². The molecule has 2 aliphatic rings. The molecule has 2 heterocycles. The first-order valence-electron chi connectivity index (χ1n) is 5.87. The number of hydrogen-bond acceptors (Lipinski definition) is 5. The molecule has 0 spiro atoms. The monoisotopic (exact) mass is 230 g/mol. The van der Waals surface area contributed by atoms with E-state index >= 15 is 0 Å². The van der Waals surface area contributed by atoms with E-state index < -0.39 is 6.16 Å².